The van der Waals surface area contributed by atoms with Gasteiger partial charge in [0.25, 0.3) is 17.1 Å². The zero-order chi connectivity index (χ0) is 41.1. The molecule has 2 aliphatic rings. The quantitative estimate of drug-likeness (QED) is 0.0372. The van der Waals surface area contributed by atoms with Crippen molar-refractivity contribution >= 4 is 60.4 Å². The van der Waals surface area contributed by atoms with Crippen LogP contribution in [0.4, 0.5) is 36.2 Å². The molecule has 2 saturated heterocycles. The normalized spacial score (nSPS) is 19.3. The van der Waals surface area contributed by atoms with E-state index in [0.29, 0.717) is 23.1 Å². The summed E-state index contributed by atoms with van der Waals surface area (Å²) in [7, 11) is 0. The number of carbonyl (C=O) groups is 4. The molecule has 2 heterocycles. The third-order valence-electron chi connectivity index (χ3n) is 8.98. The number of urea groups is 1. The summed E-state index contributed by atoms with van der Waals surface area (Å²) in [6.07, 6.45) is -2.54. The molecule has 2 unspecified atom stereocenters. The van der Waals surface area contributed by atoms with E-state index in [1.807, 2.05) is 0 Å². The third-order valence-corrected chi connectivity index (χ3v) is 9.41. The van der Waals surface area contributed by atoms with E-state index >= 15 is 0 Å². The van der Waals surface area contributed by atoms with E-state index in [1.165, 1.54) is 82.6 Å². The highest BCUT2D eigenvalue weighted by Crippen LogP contribution is 2.29. The van der Waals surface area contributed by atoms with Gasteiger partial charge in [0.05, 0.1) is 46.0 Å². The molecule has 4 amide bonds. The molecule has 300 valence electrons. The monoisotopic (exact) mass is 810 g/mol. The van der Waals surface area contributed by atoms with Crippen molar-refractivity contribution in [3.8, 4) is 0 Å². The summed E-state index contributed by atoms with van der Waals surface area (Å²) < 4.78 is 20.8. The summed E-state index contributed by atoms with van der Waals surface area (Å²) in [5.74, 6) is 0. The minimum atomic E-state index is -1.13. The van der Waals surface area contributed by atoms with Gasteiger partial charge in [-0.15, -0.1) is 4.48 Å². The highest BCUT2D eigenvalue weighted by atomic mass is 32.1. The van der Waals surface area contributed by atoms with E-state index in [4.69, 9.17) is 18.9 Å². The molecule has 5 rings (SSSR count). The minimum Gasteiger partial charge on any atom is -0.443 e. The number of amides is 4. The van der Waals surface area contributed by atoms with Gasteiger partial charge in [-0.3, -0.25) is 35.2 Å². The van der Waals surface area contributed by atoms with E-state index in [0.717, 1.165) is 6.34 Å². The van der Waals surface area contributed by atoms with Crippen LogP contribution in [0, 0.1) is 30.3 Å². The van der Waals surface area contributed by atoms with Crippen LogP contribution >= 0.6 is 12.6 Å². The summed E-state index contributed by atoms with van der Waals surface area (Å²) >= 11 is 4.52. The maximum Gasteiger partial charge on any atom is 0.525 e. The standard InChI is InChI=1S/C35H35N7O14S/c43-32(53-20-24-1-7-27(8-2-24)39(47)48)36-23-37-14-15-38(18-30(17-37)56-35(46)55-22-26-5-11-29(12-6-26)41(51)52)33(44)42(16-13-31(57)19-42)34(45)54-21-25-3-9-28(10-4-25)40(49)50/h1-12,23,30-31H,13-22H2/p+1/t30?,31-,42?/m0/s1. The predicted octanol–water partition coefficient (Wildman–Crippen LogP) is 5.39. The Balaban J connectivity index is 1.28. The van der Waals surface area contributed by atoms with E-state index in [-0.39, 0.29) is 81.4 Å². The highest BCUT2D eigenvalue weighted by Gasteiger charge is 2.54. The van der Waals surface area contributed by atoms with Gasteiger partial charge >= 0.3 is 24.4 Å². The van der Waals surface area contributed by atoms with Gasteiger partial charge in [-0.2, -0.15) is 22.4 Å². The Bertz CT molecular complexity index is 2020. The first-order valence-corrected chi connectivity index (χ1v) is 17.7. The number of imide groups is 1. The van der Waals surface area contributed by atoms with Crippen molar-refractivity contribution in [2.75, 3.05) is 39.3 Å². The zero-order valence-electron chi connectivity index (χ0n) is 30.0. The van der Waals surface area contributed by atoms with Gasteiger partial charge in [0.2, 0.25) is 0 Å². The van der Waals surface area contributed by atoms with Crippen LogP contribution in [0.2, 0.25) is 0 Å². The first-order chi connectivity index (χ1) is 27.2. The molecule has 2 aliphatic heterocycles. The van der Waals surface area contributed by atoms with E-state index in [2.05, 4.69) is 17.6 Å². The first kappa shape index (κ1) is 41.5. The summed E-state index contributed by atoms with van der Waals surface area (Å²) in [5.41, 5.74) is 0.934. The van der Waals surface area contributed by atoms with Gasteiger partial charge in [-0.05, 0) is 53.1 Å². The number of hydrogen-bond acceptors (Lipinski definition) is 15. The molecule has 3 atom stereocenters. The van der Waals surface area contributed by atoms with E-state index in [1.54, 1.807) is 0 Å². The smallest absolute Gasteiger partial charge is 0.443 e. The number of non-ortho nitro benzene ring substituents is 3. The number of nitro benzene ring substituents is 3. The van der Waals surface area contributed by atoms with Crippen LogP contribution in [0.1, 0.15) is 23.1 Å². The summed E-state index contributed by atoms with van der Waals surface area (Å²) in [5, 5.41) is 32.6. The second kappa shape index (κ2) is 18.8. The van der Waals surface area contributed by atoms with Crippen molar-refractivity contribution in [3.05, 3.63) is 120 Å². The van der Waals surface area contributed by atoms with Gasteiger partial charge in [0.1, 0.15) is 32.5 Å². The van der Waals surface area contributed by atoms with Gasteiger partial charge in [-0.25, -0.2) is 14.4 Å². The van der Waals surface area contributed by atoms with Crippen LogP contribution in [0.25, 0.3) is 0 Å². The number of ether oxygens (including phenoxy) is 4. The Morgan fingerprint density at radius 3 is 1.70 bits per heavy atom. The lowest BCUT2D eigenvalue weighted by Crippen LogP contribution is -2.61. The fourth-order valence-electron chi connectivity index (χ4n) is 5.98. The number of nitro groups is 3. The van der Waals surface area contributed by atoms with Gasteiger partial charge in [0, 0.05) is 55.9 Å². The lowest BCUT2D eigenvalue weighted by Gasteiger charge is -2.32. The fourth-order valence-corrected chi connectivity index (χ4v) is 6.38. The molecule has 0 spiro atoms. The topological polar surface area (TPSA) is 253 Å². The lowest BCUT2D eigenvalue weighted by atomic mass is 10.2. The van der Waals surface area contributed by atoms with Crippen LogP contribution in [0.5, 0.6) is 0 Å². The molecule has 0 saturated carbocycles. The van der Waals surface area contributed by atoms with Gasteiger partial charge < -0.3 is 23.8 Å². The number of thiol groups is 1. The van der Waals surface area contributed by atoms with Crippen LogP contribution in [-0.2, 0) is 38.8 Å². The molecule has 3 aromatic carbocycles. The number of likely N-dealkylation sites (tertiary alicyclic amines) is 1. The summed E-state index contributed by atoms with van der Waals surface area (Å²) in [6.45, 7) is -1.00. The van der Waals surface area contributed by atoms with Crippen molar-refractivity contribution < 1.29 is 57.4 Å². The molecular weight excluding hydrogens is 774 g/mol. The van der Waals surface area contributed by atoms with Crippen molar-refractivity contribution in [2.24, 2.45) is 4.99 Å². The number of aliphatic imine (C=N–C) groups is 1. The van der Waals surface area contributed by atoms with Gasteiger partial charge in [0.15, 0.2) is 0 Å². The SMILES string of the molecule is O=C(N=CN1CCN(C(=O)[N+]2(C(=O)OCc3ccc([N+](=O)[O-])cc3)CC[C@H](S)C2)CC(OC(=O)OCc2ccc([N+](=O)[O-])cc2)C1)OCc1ccc([N+](=O)[O-])cc1. The van der Waals surface area contributed by atoms with Crippen LogP contribution in [0.3, 0.4) is 0 Å². The molecule has 0 radical (unpaired) electrons. The number of hydrogen-bond donors (Lipinski definition) is 1. The molecule has 3 aromatic rings. The van der Waals surface area contributed by atoms with Crippen molar-refractivity contribution in [2.45, 2.75) is 37.6 Å². The maximum atomic E-state index is 14.4. The average Bonchev–Trinajstić information content (AvgIpc) is 3.49. The Labute approximate surface area is 328 Å². The third kappa shape index (κ3) is 11.2. The highest BCUT2D eigenvalue weighted by molar-refractivity contribution is 7.81. The number of quaternary nitrogens is 1. The van der Waals surface area contributed by atoms with Crippen molar-refractivity contribution in [3.63, 3.8) is 0 Å². The van der Waals surface area contributed by atoms with E-state index in [9.17, 15) is 49.5 Å². The Kier molecular flexibility index (Phi) is 13.7. The van der Waals surface area contributed by atoms with Crippen molar-refractivity contribution in [1.29, 1.82) is 0 Å². The lowest BCUT2D eigenvalue weighted by molar-refractivity contribution is -0.767. The number of carbonyl (C=O) groups excluding carboxylic acids is 4. The second-order valence-corrected chi connectivity index (χ2v) is 13.7. The molecule has 0 bridgehead atoms. The zero-order valence-corrected chi connectivity index (χ0v) is 30.9. The number of benzene rings is 3. The second-order valence-electron chi connectivity index (χ2n) is 12.9. The van der Waals surface area contributed by atoms with E-state index < -0.39 is 49.7 Å². The molecule has 57 heavy (non-hydrogen) atoms. The molecular formula is C35H36N7O14S+. The molecule has 0 aliphatic carbocycles. The summed E-state index contributed by atoms with van der Waals surface area (Å²) in [4.78, 5) is 91.4. The van der Waals surface area contributed by atoms with Crippen molar-refractivity contribution in [1.82, 2.24) is 9.80 Å². The van der Waals surface area contributed by atoms with Crippen LogP contribution in [-0.4, -0.2) is 110 Å². The molecule has 22 heteroatoms. The minimum absolute atomic E-state index is 0.00782. The fraction of sp³-hybridized carbons (Fsp3) is 0.343. The predicted molar refractivity (Wildman–Crippen MR) is 199 cm³/mol. The molecule has 0 N–H and O–H groups in total. The number of rotatable bonds is 11. The Morgan fingerprint density at radius 2 is 1.23 bits per heavy atom. The largest absolute Gasteiger partial charge is 0.525 e. The Hall–Kier alpha value is -6.68. The molecule has 0 aromatic heterocycles. The summed E-state index contributed by atoms with van der Waals surface area (Å²) in [6, 6.07) is 15.4. The first-order valence-electron chi connectivity index (χ1n) is 17.2. The maximum absolute atomic E-state index is 14.4. The number of nitrogens with zero attached hydrogens (tertiary/aromatic N) is 7. The molecule has 2 fully saturated rings. The van der Waals surface area contributed by atoms with Gasteiger partial charge in [-0.1, -0.05) is 0 Å². The van der Waals surface area contributed by atoms with Crippen LogP contribution in [0.15, 0.2) is 77.8 Å². The average molecular weight is 811 g/mol. The van der Waals surface area contributed by atoms with Crippen LogP contribution < -0.4 is 0 Å². The molecule has 21 nitrogen and oxygen atoms in total. The Morgan fingerprint density at radius 1 is 0.737 bits per heavy atom.